The fourth-order valence-corrected chi connectivity index (χ4v) is 8.48. The molecule has 7 aromatic carbocycles. The first-order chi connectivity index (χ1) is 37.5. The van der Waals surface area contributed by atoms with E-state index in [9.17, 15) is 20.6 Å². The number of nitrogens with zero attached hydrogens (tertiary/aromatic N) is 5. The second-order valence-corrected chi connectivity index (χ2v) is 16.2. The van der Waals surface area contributed by atoms with Crippen LogP contribution in [-0.2, 0) is 45.6 Å². The van der Waals surface area contributed by atoms with Crippen LogP contribution in [0.5, 0.6) is 0 Å². The Morgan fingerprint density at radius 2 is 0.986 bits per heavy atom. The van der Waals surface area contributed by atoms with Crippen LogP contribution in [0.3, 0.4) is 0 Å². The molecule has 0 atom stereocenters. The van der Waals surface area contributed by atoms with Gasteiger partial charge in [-0.25, -0.2) is 9.59 Å². The predicted molar refractivity (Wildman–Crippen MR) is 274 cm³/mol. The molecule has 10 heteroatoms. The summed E-state index contributed by atoms with van der Waals surface area (Å²) in [5.74, 6) is 0. The topological polar surface area (TPSA) is 125 Å². The molecule has 0 aliphatic rings. The first-order valence-electron chi connectivity index (χ1n) is 26.1. The Hall–Kier alpha value is -8.56. The number of benzene rings is 7. The molecule has 0 unspecified atom stereocenters. The van der Waals surface area contributed by atoms with Gasteiger partial charge in [-0.05, 0) is 81.3 Å². The van der Waals surface area contributed by atoms with Crippen molar-refractivity contribution in [1.82, 2.24) is 24.9 Å². The number of hydrogen-bond acceptors (Lipinski definition) is 9. The molecule has 0 fully saturated rings. The second kappa shape index (κ2) is 19.4. The van der Waals surface area contributed by atoms with Crippen LogP contribution in [0, 0.1) is 18.2 Å². The van der Waals surface area contributed by atoms with Crippen molar-refractivity contribution in [2.45, 2.75) is 25.5 Å². The molecule has 0 saturated heterocycles. The molecule has 0 amide bonds. The Morgan fingerprint density at radius 1 is 0.437 bits per heavy atom. The molecule has 5 heterocycles. The maximum atomic E-state index is 13.3. The van der Waals surface area contributed by atoms with Crippen molar-refractivity contribution >= 4 is 44.0 Å². The molecule has 12 aromatic rings. The zero-order chi connectivity index (χ0) is 54.1. The van der Waals surface area contributed by atoms with Crippen LogP contribution in [0.2, 0.25) is 0 Å². The standard InChI is InChI=1S/C61H38N5O4.Ir/c67-60-58-56(49-19-9-11-21-54(49)69-60)63-35-45(65-58)29-23-38-31-39(24-30-46-36-64-57-50-20-10-12-22-55(50)70-61(68)59(57)66-46)33-44(32-38)47-17-7-8-18-48(47)52-37-62-53(43-15-5-2-6-16-43)34-51(52)42-27-25-41(26-28-42)40-13-3-1-4-14-40;/h1-15,17-18,21-22,25-28,31-37H,23-24,29-30H2;/q-3;+3/i23D2,24D2,29D2,30D2;. The van der Waals surface area contributed by atoms with Gasteiger partial charge in [-0.1, -0.05) is 114 Å². The van der Waals surface area contributed by atoms with E-state index in [4.69, 9.17) is 13.8 Å². The maximum absolute atomic E-state index is 13.3. The van der Waals surface area contributed by atoms with E-state index in [1.807, 2.05) is 91.0 Å². The van der Waals surface area contributed by atoms with E-state index in [1.54, 1.807) is 60.8 Å². The minimum absolute atomic E-state index is 0. The summed E-state index contributed by atoms with van der Waals surface area (Å²) in [6.07, 6.45) is -8.67. The smallest absolute Gasteiger partial charge is 0.471 e. The zero-order valence-corrected chi connectivity index (χ0v) is 39.4. The summed E-state index contributed by atoms with van der Waals surface area (Å²) in [6.45, 7) is 0. The van der Waals surface area contributed by atoms with E-state index in [0.717, 1.165) is 46.3 Å². The minimum atomic E-state index is -3.12. The molecular weight excluding hydrogens is 1060 g/mol. The second-order valence-electron chi connectivity index (χ2n) is 16.2. The van der Waals surface area contributed by atoms with Gasteiger partial charge in [-0.2, -0.15) is 0 Å². The van der Waals surface area contributed by atoms with Gasteiger partial charge in [-0.15, -0.1) is 84.4 Å². The van der Waals surface area contributed by atoms with Crippen molar-refractivity contribution in [2.75, 3.05) is 0 Å². The van der Waals surface area contributed by atoms with Crippen molar-refractivity contribution in [1.29, 1.82) is 0 Å². The number of fused-ring (bicyclic) bond motifs is 6. The van der Waals surface area contributed by atoms with Crippen molar-refractivity contribution in [3.63, 3.8) is 0 Å². The molecule has 0 spiro atoms. The normalized spacial score (nSPS) is 13.8. The summed E-state index contributed by atoms with van der Waals surface area (Å²) in [7, 11) is 0. The van der Waals surface area contributed by atoms with Crippen LogP contribution >= 0.6 is 0 Å². The zero-order valence-electron chi connectivity index (χ0n) is 45.0. The molecular formula is C61H38IrN5O4. The largest absolute Gasteiger partial charge is 3.00 e. The third kappa shape index (κ3) is 8.98. The summed E-state index contributed by atoms with van der Waals surface area (Å²) >= 11 is 0. The van der Waals surface area contributed by atoms with Gasteiger partial charge < -0.3 is 23.8 Å². The molecule has 71 heavy (non-hydrogen) atoms. The van der Waals surface area contributed by atoms with E-state index in [-0.39, 0.29) is 58.9 Å². The number of hydrogen-bond donors (Lipinski definition) is 0. The Bertz CT molecular complexity index is 4300. The monoisotopic (exact) mass is 1110 g/mol. The number of pyridine rings is 1. The van der Waals surface area contributed by atoms with E-state index in [0.29, 0.717) is 33.2 Å². The average molecular weight is 1110 g/mol. The molecule has 0 radical (unpaired) electrons. The summed E-state index contributed by atoms with van der Waals surface area (Å²) in [4.78, 5) is 48.9. The SMILES string of the molecule is [2H]C([2H])(c1cc(-c2ccccc2-c2cnc(-c3[c-]cccc3)cc2-c2ccc(-c3ccccc3)cc2)cc(C([2H])([2H])C([2H])([2H])c2cnc3c(n2)c(=O)oc2ccc[c-]c23)c1)C([2H])([2H])c1cnc2c(n1)c(=O)oc1ccc[c-]c12.[Ir+3]. The molecule has 12 rings (SSSR count). The van der Waals surface area contributed by atoms with E-state index in [2.05, 4.69) is 38.1 Å². The van der Waals surface area contributed by atoms with Gasteiger partial charge in [-0.3, -0.25) is 9.97 Å². The van der Waals surface area contributed by atoms with Crippen LogP contribution in [0.15, 0.2) is 201 Å². The van der Waals surface area contributed by atoms with Gasteiger partial charge in [0.05, 0.1) is 11.4 Å². The summed E-state index contributed by atoms with van der Waals surface area (Å²) < 4.78 is 87.8. The molecule has 0 aliphatic heterocycles. The Balaban J connectivity index is 0.00000660. The van der Waals surface area contributed by atoms with Crippen molar-refractivity contribution < 1.29 is 39.9 Å². The molecule has 0 N–H and O–H groups in total. The minimum Gasteiger partial charge on any atom is -0.471 e. The Labute approximate surface area is 432 Å². The molecule has 0 aliphatic carbocycles. The summed E-state index contributed by atoms with van der Waals surface area (Å²) in [6, 6.07) is 57.1. The van der Waals surface area contributed by atoms with Crippen LogP contribution in [-0.4, -0.2) is 24.9 Å². The third-order valence-electron chi connectivity index (χ3n) is 11.8. The van der Waals surface area contributed by atoms with Gasteiger partial charge in [0.25, 0.3) is 0 Å². The Morgan fingerprint density at radius 3 is 1.59 bits per heavy atom. The summed E-state index contributed by atoms with van der Waals surface area (Å²) in [5.41, 5.74) is 2.68. The van der Waals surface area contributed by atoms with Crippen molar-refractivity contribution in [3.8, 4) is 55.8 Å². The van der Waals surface area contributed by atoms with Gasteiger partial charge in [0.1, 0.15) is 11.0 Å². The van der Waals surface area contributed by atoms with Crippen molar-refractivity contribution in [2.24, 2.45) is 0 Å². The molecule has 0 saturated carbocycles. The molecule has 9 nitrogen and oxygen atoms in total. The first kappa shape index (κ1) is 36.4. The van der Waals surface area contributed by atoms with Crippen LogP contribution < -0.4 is 11.3 Å². The van der Waals surface area contributed by atoms with Gasteiger partial charge in [0.2, 0.25) is 0 Å². The van der Waals surface area contributed by atoms with E-state index in [1.165, 1.54) is 12.1 Å². The maximum Gasteiger partial charge on any atom is 3.00 e. The molecule has 5 aromatic heterocycles. The fraction of sp³-hybridized carbons (Fsp3) is 0.0656. The fourth-order valence-electron chi connectivity index (χ4n) is 8.48. The number of aromatic nitrogens is 5. The van der Waals surface area contributed by atoms with Crippen LogP contribution in [0.1, 0.15) is 33.5 Å². The third-order valence-corrected chi connectivity index (χ3v) is 11.8. The van der Waals surface area contributed by atoms with Crippen LogP contribution in [0.25, 0.3) is 99.8 Å². The summed E-state index contributed by atoms with van der Waals surface area (Å²) in [5, 5.41) is 0.614. The van der Waals surface area contributed by atoms with E-state index >= 15 is 0 Å². The van der Waals surface area contributed by atoms with Gasteiger partial charge in [0.15, 0.2) is 0 Å². The predicted octanol–water partition coefficient (Wildman–Crippen LogP) is 12.5. The van der Waals surface area contributed by atoms with Crippen LogP contribution in [0.4, 0.5) is 0 Å². The molecule has 0 bridgehead atoms. The van der Waals surface area contributed by atoms with Crippen molar-refractivity contribution in [3.05, 3.63) is 244 Å². The molecule has 340 valence electrons. The Kier molecular flexibility index (Phi) is 9.98. The number of rotatable bonds is 11. The van der Waals surface area contributed by atoms with Gasteiger partial charge in [0, 0.05) is 57.3 Å². The first-order valence-corrected chi connectivity index (χ1v) is 22.1. The number of aryl methyl sites for hydroxylation is 4. The van der Waals surface area contributed by atoms with Gasteiger partial charge >= 0.3 is 31.4 Å². The average Bonchev–Trinajstić information content (AvgIpc) is 3.66. The van der Waals surface area contributed by atoms with E-state index < -0.39 is 59.3 Å². The quantitative estimate of drug-likeness (QED) is 0.0707.